The van der Waals surface area contributed by atoms with E-state index in [4.69, 9.17) is 0 Å². The molecular formula is C28H30F2N4O2. The summed E-state index contributed by atoms with van der Waals surface area (Å²) in [4.78, 5) is 31.0. The van der Waals surface area contributed by atoms with Gasteiger partial charge in [0.15, 0.2) is 0 Å². The van der Waals surface area contributed by atoms with Crippen molar-refractivity contribution >= 4 is 17.4 Å². The minimum Gasteiger partial charge on any atom is -0.302 e. The number of benzene rings is 2. The SMILES string of the molecule is CC(=O)Nc1nc(C)c(CCN2CCC(=C(c3ccc(F)cc3)c3ccc(F)cc3)CC2)c(=O)n1C. The smallest absolute Gasteiger partial charge is 0.258 e. The first kappa shape index (κ1) is 25.4. The summed E-state index contributed by atoms with van der Waals surface area (Å²) in [7, 11) is 1.61. The van der Waals surface area contributed by atoms with Crippen molar-refractivity contribution in [1.29, 1.82) is 0 Å². The molecule has 1 fully saturated rings. The molecule has 1 amide bonds. The first-order valence-electron chi connectivity index (χ1n) is 12.0. The molecule has 0 saturated carbocycles. The van der Waals surface area contributed by atoms with Crippen LogP contribution in [-0.4, -0.2) is 40.0 Å². The number of hydrogen-bond acceptors (Lipinski definition) is 4. The number of aryl methyl sites for hydroxylation is 1. The zero-order valence-corrected chi connectivity index (χ0v) is 20.8. The van der Waals surface area contributed by atoms with Gasteiger partial charge in [0.25, 0.3) is 5.56 Å². The summed E-state index contributed by atoms with van der Waals surface area (Å²) in [6.45, 7) is 5.52. The first-order valence-corrected chi connectivity index (χ1v) is 12.0. The van der Waals surface area contributed by atoms with Gasteiger partial charge in [0.2, 0.25) is 11.9 Å². The van der Waals surface area contributed by atoms with E-state index in [1.807, 2.05) is 0 Å². The number of aromatic nitrogens is 2. The molecule has 188 valence electrons. The van der Waals surface area contributed by atoms with Crippen molar-refractivity contribution < 1.29 is 13.6 Å². The minimum atomic E-state index is -0.293. The number of piperidine rings is 1. The van der Waals surface area contributed by atoms with Crippen molar-refractivity contribution in [3.8, 4) is 0 Å². The molecule has 0 bridgehead atoms. The van der Waals surface area contributed by atoms with Crippen LogP contribution in [0.5, 0.6) is 0 Å². The lowest BCUT2D eigenvalue weighted by atomic mass is 9.88. The summed E-state index contributed by atoms with van der Waals surface area (Å²) in [5, 5.41) is 2.59. The zero-order valence-electron chi connectivity index (χ0n) is 20.8. The summed E-state index contributed by atoms with van der Waals surface area (Å²) in [6.07, 6.45) is 2.20. The van der Waals surface area contributed by atoms with E-state index in [-0.39, 0.29) is 29.0 Å². The highest BCUT2D eigenvalue weighted by Gasteiger charge is 2.20. The molecule has 36 heavy (non-hydrogen) atoms. The van der Waals surface area contributed by atoms with Crippen LogP contribution < -0.4 is 10.9 Å². The molecule has 8 heteroatoms. The Morgan fingerprint density at radius 1 is 0.972 bits per heavy atom. The van der Waals surface area contributed by atoms with Crippen LogP contribution in [-0.2, 0) is 18.3 Å². The zero-order chi connectivity index (χ0) is 25.8. The molecule has 3 aromatic rings. The summed E-state index contributed by atoms with van der Waals surface area (Å²) in [5.41, 5.74) is 5.21. The molecule has 0 spiro atoms. The Labute approximate surface area is 209 Å². The van der Waals surface area contributed by atoms with Crippen LogP contribution in [0, 0.1) is 18.6 Å². The van der Waals surface area contributed by atoms with Crippen LogP contribution in [0.1, 0.15) is 42.1 Å². The standard InChI is InChI=1S/C28H30F2N4O2/c1-18-25(27(36)33(3)28(31-18)32-19(2)35)14-17-34-15-12-22(13-16-34)26(20-4-8-23(29)9-5-20)21-6-10-24(30)11-7-21/h4-11H,12-17H2,1-3H3,(H,31,32,35). The Kier molecular flexibility index (Phi) is 7.74. The van der Waals surface area contributed by atoms with Gasteiger partial charge in [-0.2, -0.15) is 0 Å². The van der Waals surface area contributed by atoms with E-state index in [0.29, 0.717) is 24.2 Å². The average Bonchev–Trinajstić information content (AvgIpc) is 2.85. The van der Waals surface area contributed by atoms with Crippen molar-refractivity contribution in [2.45, 2.75) is 33.1 Å². The second kappa shape index (κ2) is 11.0. The lowest BCUT2D eigenvalue weighted by Gasteiger charge is -2.30. The molecule has 0 radical (unpaired) electrons. The number of nitrogens with one attached hydrogen (secondary N) is 1. The molecule has 1 aromatic heterocycles. The van der Waals surface area contributed by atoms with Gasteiger partial charge in [-0.1, -0.05) is 29.8 Å². The molecule has 6 nitrogen and oxygen atoms in total. The quantitative estimate of drug-likeness (QED) is 0.552. The van der Waals surface area contributed by atoms with Crippen molar-refractivity contribution in [2.75, 3.05) is 25.0 Å². The van der Waals surface area contributed by atoms with Gasteiger partial charge < -0.3 is 4.90 Å². The van der Waals surface area contributed by atoms with Crippen molar-refractivity contribution in [1.82, 2.24) is 14.5 Å². The largest absolute Gasteiger partial charge is 0.302 e. The third-order valence-electron chi connectivity index (χ3n) is 6.64. The van der Waals surface area contributed by atoms with Crippen LogP contribution in [0.25, 0.3) is 5.57 Å². The van der Waals surface area contributed by atoms with Gasteiger partial charge in [-0.25, -0.2) is 13.8 Å². The average molecular weight is 493 g/mol. The number of amides is 1. The van der Waals surface area contributed by atoms with Crippen molar-refractivity contribution in [3.05, 3.63) is 98.5 Å². The van der Waals surface area contributed by atoms with E-state index in [0.717, 1.165) is 42.6 Å². The molecule has 1 N–H and O–H groups in total. The molecule has 0 aliphatic carbocycles. The van der Waals surface area contributed by atoms with E-state index >= 15 is 0 Å². The Morgan fingerprint density at radius 2 is 1.50 bits per heavy atom. The maximum atomic E-state index is 13.6. The fourth-order valence-electron chi connectivity index (χ4n) is 4.69. The highest BCUT2D eigenvalue weighted by molar-refractivity contribution is 5.86. The molecular weight excluding hydrogens is 462 g/mol. The maximum absolute atomic E-state index is 13.6. The molecule has 2 aromatic carbocycles. The lowest BCUT2D eigenvalue weighted by Crippen LogP contribution is -2.35. The number of anilines is 1. The third kappa shape index (κ3) is 5.76. The topological polar surface area (TPSA) is 67.2 Å². The molecule has 1 aliphatic rings. The van der Waals surface area contributed by atoms with Gasteiger partial charge in [0, 0.05) is 39.2 Å². The molecule has 1 aliphatic heterocycles. The second-order valence-electron chi connectivity index (χ2n) is 9.13. The molecule has 4 rings (SSSR count). The number of nitrogens with zero attached hydrogens (tertiary/aromatic N) is 3. The Hall–Kier alpha value is -3.65. The van der Waals surface area contributed by atoms with Crippen LogP contribution in [0.4, 0.5) is 14.7 Å². The molecule has 2 heterocycles. The Morgan fingerprint density at radius 3 is 2.00 bits per heavy atom. The lowest BCUT2D eigenvalue weighted by molar-refractivity contribution is -0.114. The summed E-state index contributed by atoms with van der Waals surface area (Å²) < 4.78 is 28.5. The highest BCUT2D eigenvalue weighted by atomic mass is 19.1. The highest BCUT2D eigenvalue weighted by Crippen LogP contribution is 2.32. The number of rotatable bonds is 6. The maximum Gasteiger partial charge on any atom is 0.258 e. The monoisotopic (exact) mass is 492 g/mol. The van der Waals surface area contributed by atoms with Gasteiger partial charge in [-0.3, -0.25) is 19.5 Å². The molecule has 0 unspecified atom stereocenters. The molecule has 1 saturated heterocycles. The van der Waals surface area contributed by atoms with Crippen LogP contribution >= 0.6 is 0 Å². The van der Waals surface area contributed by atoms with Gasteiger partial charge in [0.1, 0.15) is 11.6 Å². The van der Waals surface area contributed by atoms with Crippen LogP contribution in [0.3, 0.4) is 0 Å². The fraction of sp³-hybridized carbons (Fsp3) is 0.321. The van der Waals surface area contributed by atoms with E-state index < -0.39 is 0 Å². The predicted molar refractivity (Wildman–Crippen MR) is 137 cm³/mol. The van der Waals surface area contributed by atoms with Gasteiger partial charge >= 0.3 is 0 Å². The van der Waals surface area contributed by atoms with Gasteiger partial charge in [-0.05, 0) is 67.2 Å². The molecule has 0 atom stereocenters. The number of halogens is 2. The van der Waals surface area contributed by atoms with Crippen LogP contribution in [0.15, 0.2) is 58.9 Å². The van der Waals surface area contributed by atoms with Gasteiger partial charge in [-0.15, -0.1) is 0 Å². The summed E-state index contributed by atoms with van der Waals surface area (Å²) in [5.74, 6) is -0.616. The van der Waals surface area contributed by atoms with Crippen molar-refractivity contribution in [2.24, 2.45) is 7.05 Å². The number of carbonyl (C=O) groups is 1. The third-order valence-corrected chi connectivity index (χ3v) is 6.64. The second-order valence-corrected chi connectivity index (χ2v) is 9.13. The normalized spacial score (nSPS) is 14.1. The van der Waals surface area contributed by atoms with Gasteiger partial charge in [0.05, 0.1) is 5.69 Å². The number of likely N-dealkylation sites (tertiary alicyclic amines) is 1. The van der Waals surface area contributed by atoms with Crippen molar-refractivity contribution in [3.63, 3.8) is 0 Å². The minimum absolute atomic E-state index is 0.154. The van der Waals surface area contributed by atoms with E-state index in [1.54, 1.807) is 38.2 Å². The summed E-state index contributed by atoms with van der Waals surface area (Å²) >= 11 is 0. The first-order chi connectivity index (χ1) is 17.2. The predicted octanol–water partition coefficient (Wildman–Crippen LogP) is 4.47. The van der Waals surface area contributed by atoms with Crippen LogP contribution in [0.2, 0.25) is 0 Å². The van der Waals surface area contributed by atoms with E-state index in [1.165, 1.54) is 41.3 Å². The van der Waals surface area contributed by atoms with E-state index in [9.17, 15) is 18.4 Å². The summed E-state index contributed by atoms with van der Waals surface area (Å²) in [6, 6.07) is 12.9. The van der Waals surface area contributed by atoms with E-state index in [2.05, 4.69) is 15.2 Å². The Bertz CT molecular complexity index is 1290. The number of carbonyl (C=O) groups excluding carboxylic acids is 1. The number of hydrogen-bond donors (Lipinski definition) is 1. The Balaban J connectivity index is 1.50. The fourth-order valence-corrected chi connectivity index (χ4v) is 4.69.